The van der Waals surface area contributed by atoms with Gasteiger partial charge in [0, 0.05) is 12.4 Å². The number of halogens is 5. The molecule has 3 aromatic rings. The van der Waals surface area contributed by atoms with E-state index in [2.05, 4.69) is 15.2 Å². The number of anilines is 2. The second kappa shape index (κ2) is 6.24. The number of rotatable bonds is 4. The van der Waals surface area contributed by atoms with Gasteiger partial charge in [0.15, 0.2) is 11.3 Å². The zero-order valence-corrected chi connectivity index (χ0v) is 12.7. The van der Waals surface area contributed by atoms with Gasteiger partial charge in [-0.05, 0) is 6.07 Å². The number of hydrogen-bond donors (Lipinski definition) is 2. The highest BCUT2D eigenvalue weighted by Crippen LogP contribution is 2.34. The highest BCUT2D eigenvalue weighted by Gasteiger charge is 2.38. The fourth-order valence-corrected chi connectivity index (χ4v) is 2.19. The van der Waals surface area contributed by atoms with E-state index in [4.69, 9.17) is 5.73 Å². The Morgan fingerprint density at radius 3 is 2.73 bits per heavy atom. The van der Waals surface area contributed by atoms with Crippen LogP contribution in [-0.4, -0.2) is 36.7 Å². The summed E-state index contributed by atoms with van der Waals surface area (Å²) in [4.78, 5) is 16.2. The maximum Gasteiger partial charge on any atom is 0.437 e. The van der Waals surface area contributed by atoms with Gasteiger partial charge in [0.1, 0.15) is 17.9 Å². The monoisotopic (exact) mass is 375 g/mol. The Morgan fingerprint density at radius 1 is 1.35 bits per heavy atom. The van der Waals surface area contributed by atoms with Crippen molar-refractivity contribution in [1.82, 2.24) is 24.4 Å². The van der Waals surface area contributed by atoms with Crippen molar-refractivity contribution in [2.24, 2.45) is 0 Å². The minimum Gasteiger partial charge on any atom is -0.384 e. The molecule has 0 atom stereocenters. The molecule has 1 amide bonds. The second-order valence-electron chi connectivity index (χ2n) is 5.14. The molecule has 0 saturated carbocycles. The number of nitrogen functional groups attached to an aromatic ring is 1. The van der Waals surface area contributed by atoms with E-state index in [0.717, 1.165) is 6.20 Å². The topological polar surface area (TPSA) is 103 Å². The van der Waals surface area contributed by atoms with Crippen LogP contribution in [0.1, 0.15) is 16.1 Å². The predicted molar refractivity (Wildman–Crippen MR) is 78.6 cm³/mol. The molecule has 0 saturated heterocycles. The third-order valence-electron chi connectivity index (χ3n) is 3.24. The zero-order valence-electron chi connectivity index (χ0n) is 12.7. The van der Waals surface area contributed by atoms with Crippen LogP contribution in [-0.2, 0) is 12.7 Å². The first kappa shape index (κ1) is 17.6. The molecule has 138 valence electrons. The second-order valence-corrected chi connectivity index (χ2v) is 5.14. The molecular formula is C13H10F5N7O. The van der Waals surface area contributed by atoms with E-state index in [9.17, 15) is 26.7 Å². The SMILES string of the molecule is Nc1ccn2ncc(C(=O)Nc3cn(CC(F)F)nc3C(F)(F)F)c2n1. The van der Waals surface area contributed by atoms with Crippen LogP contribution in [0.5, 0.6) is 0 Å². The van der Waals surface area contributed by atoms with Crippen LogP contribution < -0.4 is 11.1 Å². The van der Waals surface area contributed by atoms with Crippen molar-refractivity contribution in [3.63, 3.8) is 0 Å². The van der Waals surface area contributed by atoms with Gasteiger partial charge in [-0.2, -0.15) is 23.4 Å². The Bertz CT molecular complexity index is 962. The summed E-state index contributed by atoms with van der Waals surface area (Å²) in [6, 6.07) is 1.41. The third kappa shape index (κ3) is 3.41. The molecule has 3 heterocycles. The summed E-state index contributed by atoms with van der Waals surface area (Å²) in [5, 5.41) is 8.91. The van der Waals surface area contributed by atoms with Gasteiger partial charge in [0.2, 0.25) is 0 Å². The van der Waals surface area contributed by atoms with Crippen molar-refractivity contribution in [3.05, 3.63) is 35.9 Å². The van der Waals surface area contributed by atoms with Gasteiger partial charge in [0.25, 0.3) is 12.3 Å². The van der Waals surface area contributed by atoms with E-state index in [0.29, 0.717) is 10.9 Å². The summed E-state index contributed by atoms with van der Waals surface area (Å²) >= 11 is 0. The fraction of sp³-hybridized carbons (Fsp3) is 0.231. The summed E-state index contributed by atoms with van der Waals surface area (Å²) < 4.78 is 65.5. The van der Waals surface area contributed by atoms with Gasteiger partial charge in [-0.15, -0.1) is 0 Å². The molecule has 26 heavy (non-hydrogen) atoms. The molecule has 13 heteroatoms. The number of alkyl halides is 5. The van der Waals surface area contributed by atoms with Crippen molar-refractivity contribution in [1.29, 1.82) is 0 Å². The molecule has 0 aliphatic heterocycles. The molecular weight excluding hydrogens is 365 g/mol. The molecule has 0 radical (unpaired) electrons. The third-order valence-corrected chi connectivity index (χ3v) is 3.24. The Balaban J connectivity index is 1.95. The first-order valence-electron chi connectivity index (χ1n) is 6.99. The van der Waals surface area contributed by atoms with Gasteiger partial charge >= 0.3 is 6.18 Å². The Morgan fingerprint density at radius 2 is 2.08 bits per heavy atom. The van der Waals surface area contributed by atoms with Crippen LogP contribution in [0.15, 0.2) is 24.7 Å². The minimum absolute atomic E-state index is 0.0241. The molecule has 0 bridgehead atoms. The van der Waals surface area contributed by atoms with E-state index in [1.165, 1.54) is 16.8 Å². The van der Waals surface area contributed by atoms with Crippen LogP contribution in [0, 0.1) is 0 Å². The molecule has 3 N–H and O–H groups in total. The van der Waals surface area contributed by atoms with E-state index in [1.54, 1.807) is 0 Å². The summed E-state index contributed by atoms with van der Waals surface area (Å²) in [6.45, 7) is -1.05. The van der Waals surface area contributed by atoms with Crippen molar-refractivity contribution in [3.8, 4) is 0 Å². The highest BCUT2D eigenvalue weighted by atomic mass is 19.4. The molecule has 0 aliphatic carbocycles. The molecule has 0 spiro atoms. The van der Waals surface area contributed by atoms with Crippen molar-refractivity contribution < 1.29 is 26.7 Å². The normalized spacial score (nSPS) is 12.1. The Hall–Kier alpha value is -3.25. The summed E-state index contributed by atoms with van der Waals surface area (Å²) in [5.41, 5.74) is 3.15. The number of aromatic nitrogens is 5. The van der Waals surface area contributed by atoms with E-state index in [1.807, 2.05) is 5.32 Å². The maximum absolute atomic E-state index is 13.0. The molecule has 3 aromatic heterocycles. The lowest BCUT2D eigenvalue weighted by Gasteiger charge is -2.07. The standard InChI is InChI=1S/C13H10F5N7O/c14-8(15)5-24-4-7(10(23-24)13(16,17)18)21-12(26)6-3-20-25-2-1-9(19)22-11(6)25/h1-4,8H,5H2,(H2,19,22)(H,21,26). The Labute approximate surface area is 141 Å². The maximum atomic E-state index is 13.0. The molecule has 0 unspecified atom stereocenters. The van der Waals surface area contributed by atoms with E-state index < -0.39 is 36.4 Å². The first-order chi connectivity index (χ1) is 12.1. The van der Waals surface area contributed by atoms with Gasteiger partial charge in [-0.25, -0.2) is 18.3 Å². The average molecular weight is 375 g/mol. The number of nitrogens with two attached hydrogens (primary N) is 1. The van der Waals surface area contributed by atoms with Crippen molar-refractivity contribution in [2.75, 3.05) is 11.1 Å². The van der Waals surface area contributed by atoms with Gasteiger partial charge < -0.3 is 11.1 Å². The van der Waals surface area contributed by atoms with Crippen LogP contribution in [0.2, 0.25) is 0 Å². The molecule has 0 aliphatic rings. The van der Waals surface area contributed by atoms with Gasteiger partial charge in [0.05, 0.1) is 11.9 Å². The Kier molecular flexibility index (Phi) is 4.21. The summed E-state index contributed by atoms with van der Waals surface area (Å²) in [7, 11) is 0. The number of carbonyl (C=O) groups is 1. The van der Waals surface area contributed by atoms with Crippen LogP contribution in [0.3, 0.4) is 0 Å². The summed E-state index contributed by atoms with van der Waals surface area (Å²) in [6.07, 6.45) is -4.67. The van der Waals surface area contributed by atoms with Crippen LogP contribution in [0.4, 0.5) is 33.5 Å². The molecule has 3 rings (SSSR count). The smallest absolute Gasteiger partial charge is 0.384 e. The summed E-state index contributed by atoms with van der Waals surface area (Å²) in [5.74, 6) is -0.895. The van der Waals surface area contributed by atoms with E-state index in [-0.39, 0.29) is 17.0 Å². The van der Waals surface area contributed by atoms with E-state index >= 15 is 0 Å². The van der Waals surface area contributed by atoms with Crippen molar-refractivity contribution >= 4 is 23.1 Å². The number of nitrogens with zero attached hydrogens (tertiary/aromatic N) is 5. The quantitative estimate of drug-likeness (QED) is 0.680. The minimum atomic E-state index is -4.94. The average Bonchev–Trinajstić information content (AvgIpc) is 3.09. The largest absolute Gasteiger partial charge is 0.437 e. The zero-order chi connectivity index (χ0) is 19.1. The lowest BCUT2D eigenvalue weighted by atomic mass is 10.3. The lowest BCUT2D eigenvalue weighted by molar-refractivity contribution is -0.141. The lowest BCUT2D eigenvalue weighted by Crippen LogP contribution is -2.16. The van der Waals surface area contributed by atoms with Gasteiger partial charge in [-0.3, -0.25) is 9.48 Å². The number of carbonyl (C=O) groups excluding carboxylic acids is 1. The van der Waals surface area contributed by atoms with Crippen LogP contribution in [0.25, 0.3) is 5.65 Å². The highest BCUT2D eigenvalue weighted by molar-refractivity contribution is 6.08. The number of amides is 1. The first-order valence-corrected chi connectivity index (χ1v) is 6.99. The van der Waals surface area contributed by atoms with Crippen LogP contribution >= 0.6 is 0 Å². The van der Waals surface area contributed by atoms with Crippen molar-refractivity contribution in [2.45, 2.75) is 19.1 Å². The number of nitrogens with one attached hydrogen (secondary N) is 1. The molecule has 0 aromatic carbocycles. The number of hydrogen-bond acceptors (Lipinski definition) is 5. The number of fused-ring (bicyclic) bond motifs is 1. The fourth-order valence-electron chi connectivity index (χ4n) is 2.19. The molecule has 0 fully saturated rings. The molecule has 8 nitrogen and oxygen atoms in total. The van der Waals surface area contributed by atoms with Gasteiger partial charge in [-0.1, -0.05) is 0 Å². The predicted octanol–water partition coefficient (Wildman–Crippen LogP) is 2.04.